The van der Waals surface area contributed by atoms with Gasteiger partial charge in [0.05, 0.1) is 0 Å². The smallest absolute Gasteiger partial charge is 0.314 e. The van der Waals surface area contributed by atoms with Crippen molar-refractivity contribution in [3.05, 3.63) is 0 Å². The largest absolute Gasteiger partial charge is 0.481 e. The molecule has 0 aromatic rings. The molecule has 0 amide bonds. The first-order valence-electron chi connectivity index (χ1n) is 3.32. The van der Waals surface area contributed by atoms with E-state index >= 15 is 0 Å². The van der Waals surface area contributed by atoms with Gasteiger partial charge in [0.15, 0.2) is 0 Å². The molecular formula is C7H12O3Zr. The molecule has 0 aromatic carbocycles. The summed E-state index contributed by atoms with van der Waals surface area (Å²) in [7, 11) is 0. The first-order chi connectivity index (χ1) is 4.59. The van der Waals surface area contributed by atoms with Gasteiger partial charge in [0.1, 0.15) is 11.7 Å². The van der Waals surface area contributed by atoms with Crippen LogP contribution in [0, 0.1) is 5.92 Å². The van der Waals surface area contributed by atoms with Gasteiger partial charge >= 0.3 is 5.97 Å². The van der Waals surface area contributed by atoms with Crippen LogP contribution in [-0.2, 0) is 35.8 Å². The zero-order valence-corrected chi connectivity index (χ0v) is 9.21. The molecule has 0 radical (unpaired) electrons. The molecule has 0 aromatic heterocycles. The number of carbonyl (C=O) groups excluding carboxylic acids is 1. The second-order valence-electron chi connectivity index (χ2n) is 2.29. The minimum atomic E-state index is -1.01. The van der Waals surface area contributed by atoms with E-state index in [4.69, 9.17) is 5.11 Å². The predicted molar refractivity (Wildman–Crippen MR) is 36.7 cm³/mol. The maximum Gasteiger partial charge on any atom is 0.314 e. The van der Waals surface area contributed by atoms with Crippen LogP contribution in [-0.4, -0.2) is 16.9 Å². The van der Waals surface area contributed by atoms with E-state index in [1.54, 1.807) is 0 Å². The monoisotopic (exact) mass is 234 g/mol. The number of rotatable bonds is 4. The van der Waals surface area contributed by atoms with Crippen LogP contribution in [0.25, 0.3) is 0 Å². The quantitative estimate of drug-likeness (QED) is 0.742. The number of hydrogen-bond donors (Lipinski definition) is 1. The van der Waals surface area contributed by atoms with Crippen LogP contribution in [0.3, 0.4) is 0 Å². The fourth-order valence-corrected chi connectivity index (χ4v) is 0.789. The Balaban J connectivity index is 0. The molecular weight excluding hydrogens is 223 g/mol. The number of carboxylic acids is 1. The van der Waals surface area contributed by atoms with Crippen LogP contribution in [0.5, 0.6) is 0 Å². The molecule has 0 spiro atoms. The Bertz CT molecular complexity index is 131. The topological polar surface area (TPSA) is 54.4 Å². The van der Waals surface area contributed by atoms with Gasteiger partial charge in [0, 0.05) is 26.2 Å². The summed E-state index contributed by atoms with van der Waals surface area (Å²) in [6.45, 7) is 3.17. The van der Waals surface area contributed by atoms with E-state index in [0.29, 0.717) is 6.42 Å². The second-order valence-corrected chi connectivity index (χ2v) is 2.29. The average molecular weight is 235 g/mol. The molecule has 1 unspecified atom stereocenters. The maximum atomic E-state index is 10.6. The van der Waals surface area contributed by atoms with Crippen LogP contribution < -0.4 is 0 Å². The van der Waals surface area contributed by atoms with Gasteiger partial charge in [-0.25, -0.2) is 0 Å². The molecule has 0 saturated carbocycles. The molecule has 3 nitrogen and oxygen atoms in total. The van der Waals surface area contributed by atoms with E-state index in [1.807, 2.05) is 6.92 Å². The van der Waals surface area contributed by atoms with Crippen molar-refractivity contribution in [1.29, 1.82) is 0 Å². The van der Waals surface area contributed by atoms with Crippen LogP contribution in [0.1, 0.15) is 26.7 Å². The molecule has 0 rings (SSSR count). The van der Waals surface area contributed by atoms with Crippen LogP contribution in [0.2, 0.25) is 0 Å². The number of carboxylic acid groups (broad SMARTS) is 1. The molecule has 62 valence electrons. The van der Waals surface area contributed by atoms with E-state index in [2.05, 4.69) is 0 Å². The molecule has 0 aliphatic carbocycles. The zero-order valence-electron chi connectivity index (χ0n) is 6.76. The van der Waals surface area contributed by atoms with E-state index in [-0.39, 0.29) is 32.0 Å². The summed E-state index contributed by atoms with van der Waals surface area (Å²) in [6.07, 6.45) is 1.18. The van der Waals surface area contributed by atoms with Crippen LogP contribution in [0.15, 0.2) is 0 Å². The van der Waals surface area contributed by atoms with Gasteiger partial charge in [0.25, 0.3) is 0 Å². The van der Waals surface area contributed by atoms with Crippen molar-refractivity contribution in [2.45, 2.75) is 26.7 Å². The van der Waals surface area contributed by atoms with Gasteiger partial charge in [-0.1, -0.05) is 13.3 Å². The zero-order chi connectivity index (χ0) is 8.15. The normalized spacial score (nSPS) is 11.5. The van der Waals surface area contributed by atoms with Gasteiger partial charge in [-0.15, -0.1) is 0 Å². The van der Waals surface area contributed by atoms with Gasteiger partial charge in [-0.05, 0) is 13.3 Å². The number of Topliss-reactive ketones (excluding diaryl/α,β-unsaturated/α-hetero) is 1. The van der Waals surface area contributed by atoms with Gasteiger partial charge in [-0.3, -0.25) is 9.59 Å². The molecule has 11 heavy (non-hydrogen) atoms. The predicted octanol–water partition coefficient (Wildman–Crippen LogP) is 1.07. The molecule has 1 atom stereocenters. The van der Waals surface area contributed by atoms with Crippen molar-refractivity contribution in [2.24, 2.45) is 5.92 Å². The Labute approximate surface area is 85.3 Å². The summed E-state index contributed by atoms with van der Waals surface area (Å²) in [6, 6.07) is 0. The summed E-state index contributed by atoms with van der Waals surface area (Å²) >= 11 is 0. The van der Waals surface area contributed by atoms with Crippen molar-refractivity contribution in [2.75, 3.05) is 0 Å². The fourth-order valence-electron chi connectivity index (χ4n) is 0.789. The minimum Gasteiger partial charge on any atom is -0.481 e. The molecule has 0 aliphatic rings. The van der Waals surface area contributed by atoms with E-state index < -0.39 is 11.9 Å². The molecule has 0 bridgehead atoms. The first-order valence-corrected chi connectivity index (χ1v) is 3.32. The van der Waals surface area contributed by atoms with E-state index in [0.717, 1.165) is 6.42 Å². The molecule has 0 saturated heterocycles. The van der Waals surface area contributed by atoms with E-state index in [1.165, 1.54) is 6.92 Å². The van der Waals surface area contributed by atoms with Crippen LogP contribution >= 0.6 is 0 Å². The molecule has 4 heteroatoms. The SMILES string of the molecule is CCCC(C(C)=O)C(=O)O.[Zr]. The molecule has 0 heterocycles. The summed E-state index contributed by atoms with van der Waals surface area (Å²) in [5.74, 6) is -2.05. The summed E-state index contributed by atoms with van der Waals surface area (Å²) in [5, 5.41) is 8.45. The van der Waals surface area contributed by atoms with Crippen LogP contribution in [0.4, 0.5) is 0 Å². The molecule has 0 fully saturated rings. The standard InChI is InChI=1S/C7H12O3.Zr/c1-3-4-6(5(2)8)7(9)10;/h6H,3-4H2,1-2H3,(H,9,10);. The van der Waals surface area contributed by atoms with Gasteiger partial charge in [0.2, 0.25) is 0 Å². The Morgan fingerprint density at radius 1 is 1.45 bits per heavy atom. The third-order valence-electron chi connectivity index (χ3n) is 1.37. The maximum absolute atomic E-state index is 10.6. The third-order valence-corrected chi connectivity index (χ3v) is 1.37. The van der Waals surface area contributed by atoms with Gasteiger partial charge in [-0.2, -0.15) is 0 Å². The summed E-state index contributed by atoms with van der Waals surface area (Å²) in [4.78, 5) is 20.9. The fraction of sp³-hybridized carbons (Fsp3) is 0.714. The Morgan fingerprint density at radius 3 is 2.00 bits per heavy atom. The molecule has 0 aliphatic heterocycles. The van der Waals surface area contributed by atoms with Crippen molar-refractivity contribution in [3.63, 3.8) is 0 Å². The van der Waals surface area contributed by atoms with Crippen molar-refractivity contribution in [1.82, 2.24) is 0 Å². The number of ketones is 1. The first kappa shape index (κ1) is 13.6. The second kappa shape index (κ2) is 6.72. The number of aliphatic carboxylic acids is 1. The van der Waals surface area contributed by atoms with Crippen molar-refractivity contribution >= 4 is 11.8 Å². The Morgan fingerprint density at radius 2 is 1.91 bits per heavy atom. The summed E-state index contributed by atoms with van der Waals surface area (Å²) in [5.41, 5.74) is 0. The average Bonchev–Trinajstić information content (AvgIpc) is 1.81. The van der Waals surface area contributed by atoms with Crippen molar-refractivity contribution < 1.29 is 40.9 Å². The van der Waals surface area contributed by atoms with Gasteiger partial charge < -0.3 is 5.11 Å². The Hall–Kier alpha value is 0.0231. The minimum absolute atomic E-state index is 0. The third kappa shape index (κ3) is 5.31. The van der Waals surface area contributed by atoms with Crippen molar-refractivity contribution in [3.8, 4) is 0 Å². The summed E-state index contributed by atoms with van der Waals surface area (Å²) < 4.78 is 0. The van der Waals surface area contributed by atoms with E-state index in [9.17, 15) is 9.59 Å². The molecule has 1 N–H and O–H groups in total. The Kier molecular flexibility index (Phi) is 8.30. The number of carbonyl (C=O) groups is 2. The number of hydrogen-bond acceptors (Lipinski definition) is 2.